The minimum absolute atomic E-state index is 0.0575. The van der Waals surface area contributed by atoms with Gasteiger partial charge < -0.3 is 15.0 Å². The van der Waals surface area contributed by atoms with Crippen LogP contribution in [-0.4, -0.2) is 12.5 Å². The molecule has 0 saturated carbocycles. The Bertz CT molecular complexity index is 973. The molecule has 3 rings (SSSR count). The van der Waals surface area contributed by atoms with Crippen molar-refractivity contribution in [2.75, 3.05) is 4.90 Å². The second kappa shape index (κ2) is 11.2. The summed E-state index contributed by atoms with van der Waals surface area (Å²) in [5.41, 5.74) is 2.50. The molecule has 0 aromatic heterocycles. The van der Waals surface area contributed by atoms with Gasteiger partial charge in [0.25, 0.3) is 0 Å². The molecule has 0 aliphatic rings. The van der Waals surface area contributed by atoms with Crippen LogP contribution in [0.1, 0.15) is 30.0 Å². The monoisotopic (exact) mass is 442 g/mol. The molecule has 0 aliphatic heterocycles. The molecule has 0 bridgehead atoms. The highest BCUT2D eigenvalue weighted by molar-refractivity contribution is 5.76. The summed E-state index contributed by atoms with van der Waals surface area (Å²) in [5, 5.41) is 2.74. The van der Waals surface area contributed by atoms with E-state index in [1.807, 2.05) is 60.7 Å². The van der Waals surface area contributed by atoms with Crippen molar-refractivity contribution in [3.8, 4) is 5.75 Å². The number of alkyl halides is 2. The van der Waals surface area contributed by atoms with Crippen molar-refractivity contribution in [3.63, 3.8) is 0 Å². The molecule has 0 fully saturated rings. The summed E-state index contributed by atoms with van der Waals surface area (Å²) >= 11 is 0. The molecule has 0 saturated heterocycles. The molecular weight excluding hydrogens is 417 g/mol. The Kier molecular flexibility index (Phi) is 8.14. The molecule has 4 nitrogen and oxygen atoms in total. The van der Waals surface area contributed by atoms with E-state index < -0.39 is 18.2 Å². The first-order chi connectivity index (χ1) is 15.5. The van der Waals surface area contributed by atoms with E-state index in [1.54, 1.807) is 11.8 Å². The molecule has 0 radical (unpaired) electrons. The van der Waals surface area contributed by atoms with Gasteiger partial charge in [-0.15, -0.1) is 0 Å². The summed E-state index contributed by atoms with van der Waals surface area (Å²) in [6, 6.07) is 21.5. The van der Waals surface area contributed by atoms with Gasteiger partial charge in [0.2, 0.25) is 5.91 Å². The lowest BCUT2D eigenvalue weighted by Gasteiger charge is -2.30. The minimum atomic E-state index is -3.20. The molecule has 3 aromatic rings. The van der Waals surface area contributed by atoms with Gasteiger partial charge in [-0.05, 0) is 22.8 Å². The highest BCUT2D eigenvalue weighted by Crippen LogP contribution is 2.38. The fourth-order valence-electron chi connectivity index (χ4n) is 3.42. The standard InChI is InChI=1S/C25H25F3N2O2/c1-2-22(31)29-15-20-13-14-21(26)24(32-25(27)28)23(20)30(16-18-9-5-3-6-10-18)17-19-11-7-4-8-12-19/h3-14,25H,2,15-17H2,1H3,(H,29,31). The normalized spacial score (nSPS) is 10.8. The van der Waals surface area contributed by atoms with Gasteiger partial charge in [-0.1, -0.05) is 73.7 Å². The van der Waals surface area contributed by atoms with E-state index in [4.69, 9.17) is 0 Å². The molecule has 0 atom stereocenters. The number of nitrogens with one attached hydrogen (secondary N) is 1. The summed E-state index contributed by atoms with van der Waals surface area (Å²) in [5.74, 6) is -1.62. The van der Waals surface area contributed by atoms with Crippen LogP contribution in [0.25, 0.3) is 0 Å². The second-order valence-electron chi connectivity index (χ2n) is 7.22. The van der Waals surface area contributed by atoms with Gasteiger partial charge in [0.15, 0.2) is 11.6 Å². The lowest BCUT2D eigenvalue weighted by atomic mass is 10.1. The minimum Gasteiger partial charge on any atom is -0.429 e. The molecule has 0 heterocycles. The van der Waals surface area contributed by atoms with Crippen molar-refractivity contribution in [2.45, 2.75) is 39.6 Å². The fraction of sp³-hybridized carbons (Fsp3) is 0.240. The SMILES string of the molecule is CCC(=O)NCc1ccc(F)c(OC(F)F)c1N(Cc1ccccc1)Cc1ccccc1. The van der Waals surface area contributed by atoms with E-state index in [2.05, 4.69) is 10.1 Å². The first-order valence-corrected chi connectivity index (χ1v) is 10.3. The first kappa shape index (κ1) is 23.2. The maximum atomic E-state index is 14.7. The Morgan fingerprint density at radius 1 is 0.938 bits per heavy atom. The Morgan fingerprint density at radius 3 is 2.00 bits per heavy atom. The Labute approximate surface area is 185 Å². The Hall–Kier alpha value is -3.48. The zero-order valence-electron chi connectivity index (χ0n) is 17.7. The van der Waals surface area contributed by atoms with Crippen molar-refractivity contribution in [1.82, 2.24) is 5.32 Å². The lowest BCUT2D eigenvalue weighted by Crippen LogP contribution is -2.28. The average Bonchev–Trinajstić information content (AvgIpc) is 2.80. The average molecular weight is 442 g/mol. The predicted molar refractivity (Wildman–Crippen MR) is 118 cm³/mol. The zero-order valence-corrected chi connectivity index (χ0v) is 17.7. The highest BCUT2D eigenvalue weighted by Gasteiger charge is 2.24. The van der Waals surface area contributed by atoms with Crippen LogP contribution in [0.15, 0.2) is 72.8 Å². The third-order valence-electron chi connectivity index (χ3n) is 4.92. The Morgan fingerprint density at radius 2 is 1.50 bits per heavy atom. The van der Waals surface area contributed by atoms with Gasteiger partial charge in [0.05, 0.1) is 5.69 Å². The number of anilines is 1. The van der Waals surface area contributed by atoms with E-state index in [9.17, 15) is 18.0 Å². The van der Waals surface area contributed by atoms with Crippen LogP contribution < -0.4 is 15.0 Å². The number of rotatable bonds is 10. The van der Waals surface area contributed by atoms with Gasteiger partial charge in [-0.2, -0.15) is 8.78 Å². The van der Waals surface area contributed by atoms with Gasteiger partial charge in [0.1, 0.15) is 0 Å². The van der Waals surface area contributed by atoms with Crippen LogP contribution in [-0.2, 0) is 24.4 Å². The number of hydrogen-bond donors (Lipinski definition) is 1. The number of hydrogen-bond acceptors (Lipinski definition) is 3. The molecule has 168 valence electrons. The number of carbonyl (C=O) groups excluding carboxylic acids is 1. The van der Waals surface area contributed by atoms with Gasteiger partial charge in [-0.25, -0.2) is 4.39 Å². The topological polar surface area (TPSA) is 41.6 Å². The van der Waals surface area contributed by atoms with E-state index in [1.165, 1.54) is 6.07 Å². The van der Waals surface area contributed by atoms with Crippen LogP contribution in [0.3, 0.4) is 0 Å². The fourth-order valence-corrected chi connectivity index (χ4v) is 3.42. The van der Waals surface area contributed by atoms with E-state index >= 15 is 0 Å². The molecule has 1 N–H and O–H groups in total. The first-order valence-electron chi connectivity index (χ1n) is 10.3. The van der Waals surface area contributed by atoms with E-state index in [-0.39, 0.29) is 24.6 Å². The number of nitrogens with zero attached hydrogens (tertiary/aromatic N) is 1. The summed E-state index contributed by atoms with van der Waals surface area (Å²) in [7, 11) is 0. The summed E-state index contributed by atoms with van der Waals surface area (Å²) in [4.78, 5) is 13.6. The molecule has 7 heteroatoms. The smallest absolute Gasteiger partial charge is 0.387 e. The molecule has 0 unspecified atom stereocenters. The Balaban J connectivity index is 2.09. The second-order valence-corrected chi connectivity index (χ2v) is 7.22. The summed E-state index contributed by atoms with van der Waals surface area (Å²) in [6.07, 6.45) is 0.272. The van der Waals surface area contributed by atoms with Crippen LogP contribution in [0.4, 0.5) is 18.9 Å². The van der Waals surface area contributed by atoms with Gasteiger partial charge in [-0.3, -0.25) is 4.79 Å². The third-order valence-corrected chi connectivity index (χ3v) is 4.92. The van der Waals surface area contributed by atoms with Crippen LogP contribution in [0.5, 0.6) is 5.75 Å². The predicted octanol–water partition coefficient (Wildman–Crippen LogP) is 5.66. The maximum Gasteiger partial charge on any atom is 0.387 e. The molecule has 0 spiro atoms. The van der Waals surface area contributed by atoms with Crippen LogP contribution in [0.2, 0.25) is 0 Å². The molecule has 1 amide bonds. The van der Waals surface area contributed by atoms with Crippen molar-refractivity contribution < 1.29 is 22.7 Å². The lowest BCUT2D eigenvalue weighted by molar-refractivity contribution is -0.120. The molecular formula is C25H25F3N2O2. The van der Waals surface area contributed by atoms with Crippen LogP contribution >= 0.6 is 0 Å². The quantitative estimate of drug-likeness (QED) is 0.441. The van der Waals surface area contributed by atoms with Crippen molar-refractivity contribution in [3.05, 3.63) is 95.3 Å². The number of ether oxygens (including phenoxy) is 1. The largest absolute Gasteiger partial charge is 0.429 e. The van der Waals surface area contributed by atoms with E-state index in [0.717, 1.165) is 17.2 Å². The van der Waals surface area contributed by atoms with Crippen LogP contribution in [0, 0.1) is 5.82 Å². The van der Waals surface area contributed by atoms with Crippen molar-refractivity contribution >= 4 is 11.6 Å². The molecule has 0 aliphatic carbocycles. The number of carbonyl (C=O) groups is 1. The summed E-state index contributed by atoms with van der Waals surface area (Å²) in [6.45, 7) is -0.772. The number of halogens is 3. The van der Waals surface area contributed by atoms with E-state index in [0.29, 0.717) is 18.7 Å². The molecule has 3 aromatic carbocycles. The van der Waals surface area contributed by atoms with Crippen molar-refractivity contribution in [2.24, 2.45) is 0 Å². The maximum absolute atomic E-state index is 14.7. The molecule has 32 heavy (non-hydrogen) atoms. The number of amides is 1. The highest BCUT2D eigenvalue weighted by atomic mass is 19.3. The zero-order chi connectivity index (χ0) is 22.9. The van der Waals surface area contributed by atoms with Crippen molar-refractivity contribution in [1.29, 1.82) is 0 Å². The number of benzene rings is 3. The summed E-state index contributed by atoms with van der Waals surface area (Å²) < 4.78 is 45.8. The van der Waals surface area contributed by atoms with Gasteiger partial charge in [0, 0.05) is 26.1 Å². The van der Waals surface area contributed by atoms with Gasteiger partial charge >= 0.3 is 6.61 Å². The third kappa shape index (κ3) is 6.26.